The predicted molar refractivity (Wildman–Crippen MR) is 80.5 cm³/mol. The lowest BCUT2D eigenvalue weighted by atomic mass is 10.1. The number of hydrogen-bond donors (Lipinski definition) is 2. The van der Waals surface area contributed by atoms with Crippen LogP contribution in [0.5, 0.6) is 5.75 Å². The summed E-state index contributed by atoms with van der Waals surface area (Å²) in [5.41, 5.74) is 0.550. The maximum absolute atomic E-state index is 11.7. The molecule has 0 bridgehead atoms. The Bertz CT molecular complexity index is 430. The first-order chi connectivity index (χ1) is 9.02. The Hall–Kier alpha value is -1.62. The van der Waals surface area contributed by atoms with Gasteiger partial charge in [0.1, 0.15) is 5.75 Å². The van der Waals surface area contributed by atoms with Crippen molar-refractivity contribution in [2.24, 2.45) is 5.92 Å². The minimum Gasteiger partial charge on any atom is -0.494 e. The van der Waals surface area contributed by atoms with Crippen LogP contribution >= 0.6 is 12.2 Å². The normalized spacial score (nSPS) is 10.1. The maximum Gasteiger partial charge on any atom is 0.257 e. The summed E-state index contributed by atoms with van der Waals surface area (Å²) in [5, 5.41) is 5.56. The molecule has 0 atom stereocenters. The van der Waals surface area contributed by atoms with Crippen molar-refractivity contribution in [3.63, 3.8) is 0 Å². The van der Waals surface area contributed by atoms with E-state index in [0.29, 0.717) is 23.2 Å². The van der Waals surface area contributed by atoms with Gasteiger partial charge in [-0.3, -0.25) is 10.1 Å². The average Bonchev–Trinajstić information content (AvgIpc) is 2.38. The van der Waals surface area contributed by atoms with Crippen LogP contribution in [-0.2, 0) is 0 Å². The van der Waals surface area contributed by atoms with Gasteiger partial charge >= 0.3 is 0 Å². The second kappa shape index (κ2) is 7.74. The third-order valence-corrected chi connectivity index (χ3v) is 2.84. The summed E-state index contributed by atoms with van der Waals surface area (Å²) < 4.78 is 5.58. The summed E-state index contributed by atoms with van der Waals surface area (Å²) in [7, 11) is 1.66. The van der Waals surface area contributed by atoms with Gasteiger partial charge < -0.3 is 10.1 Å². The topological polar surface area (TPSA) is 50.4 Å². The summed E-state index contributed by atoms with van der Waals surface area (Å²) in [6.07, 6.45) is 1.01. The van der Waals surface area contributed by atoms with Crippen molar-refractivity contribution in [2.75, 3.05) is 13.7 Å². The SMILES string of the molecule is CNC(=S)NC(=O)c1ccc(OCCC(C)C)cc1. The van der Waals surface area contributed by atoms with Gasteiger partial charge in [-0.15, -0.1) is 0 Å². The minimum atomic E-state index is -0.229. The summed E-state index contributed by atoms with van der Waals surface area (Å²) in [5.74, 6) is 1.16. The van der Waals surface area contributed by atoms with Gasteiger partial charge in [0.2, 0.25) is 0 Å². The number of carbonyl (C=O) groups is 1. The minimum absolute atomic E-state index is 0.229. The Kier molecular flexibility index (Phi) is 6.29. The van der Waals surface area contributed by atoms with E-state index in [2.05, 4.69) is 24.5 Å². The Morgan fingerprint density at radius 1 is 1.32 bits per heavy atom. The van der Waals surface area contributed by atoms with E-state index in [1.807, 2.05) is 0 Å². The molecule has 0 radical (unpaired) electrons. The van der Waals surface area contributed by atoms with E-state index in [4.69, 9.17) is 17.0 Å². The number of hydrogen-bond acceptors (Lipinski definition) is 3. The first-order valence-corrected chi connectivity index (χ1v) is 6.69. The molecule has 0 aliphatic heterocycles. The van der Waals surface area contributed by atoms with E-state index in [1.54, 1.807) is 31.3 Å². The average molecular weight is 280 g/mol. The highest BCUT2D eigenvalue weighted by Gasteiger charge is 2.06. The standard InChI is InChI=1S/C14H20N2O2S/c1-10(2)8-9-18-12-6-4-11(5-7-12)13(17)16-14(19)15-3/h4-7,10H,8-9H2,1-3H3,(H2,15,16,17,19). The number of thiocarbonyl (C=S) groups is 1. The van der Waals surface area contributed by atoms with E-state index in [9.17, 15) is 4.79 Å². The Morgan fingerprint density at radius 2 is 1.95 bits per heavy atom. The summed E-state index contributed by atoms with van der Waals surface area (Å²) >= 11 is 4.87. The molecule has 1 aromatic rings. The van der Waals surface area contributed by atoms with Crippen LogP contribution in [0.2, 0.25) is 0 Å². The molecule has 1 amide bonds. The van der Waals surface area contributed by atoms with E-state index < -0.39 is 0 Å². The van der Waals surface area contributed by atoms with Crippen molar-refractivity contribution in [1.82, 2.24) is 10.6 Å². The first kappa shape index (κ1) is 15.4. The fourth-order valence-electron chi connectivity index (χ4n) is 1.35. The van der Waals surface area contributed by atoms with E-state index in [0.717, 1.165) is 12.2 Å². The highest BCUT2D eigenvalue weighted by Crippen LogP contribution is 2.13. The fraction of sp³-hybridized carbons (Fsp3) is 0.429. The van der Waals surface area contributed by atoms with Crippen molar-refractivity contribution < 1.29 is 9.53 Å². The lowest BCUT2D eigenvalue weighted by Crippen LogP contribution is -2.37. The Morgan fingerprint density at radius 3 is 2.47 bits per heavy atom. The van der Waals surface area contributed by atoms with E-state index >= 15 is 0 Å². The van der Waals surface area contributed by atoms with Crippen molar-refractivity contribution in [3.05, 3.63) is 29.8 Å². The van der Waals surface area contributed by atoms with Gasteiger partial charge in [-0.25, -0.2) is 0 Å². The number of benzene rings is 1. The van der Waals surface area contributed by atoms with Crippen LogP contribution in [-0.4, -0.2) is 24.7 Å². The molecule has 0 aliphatic carbocycles. The van der Waals surface area contributed by atoms with Gasteiger partial charge in [0.25, 0.3) is 5.91 Å². The second-order valence-corrected chi connectivity index (χ2v) is 5.00. The number of amides is 1. The summed E-state index contributed by atoms with van der Waals surface area (Å²) in [6, 6.07) is 7.02. The molecule has 0 aliphatic rings. The van der Waals surface area contributed by atoms with E-state index in [-0.39, 0.29) is 5.91 Å². The maximum atomic E-state index is 11.7. The molecule has 0 aromatic heterocycles. The molecule has 0 saturated heterocycles. The third-order valence-electron chi connectivity index (χ3n) is 2.53. The molecule has 2 N–H and O–H groups in total. The highest BCUT2D eigenvalue weighted by molar-refractivity contribution is 7.80. The smallest absolute Gasteiger partial charge is 0.257 e. The predicted octanol–water partition coefficient (Wildman–Crippen LogP) is 2.35. The van der Waals surface area contributed by atoms with Crippen LogP contribution in [0, 0.1) is 5.92 Å². The van der Waals surface area contributed by atoms with Crippen LogP contribution in [0.4, 0.5) is 0 Å². The van der Waals surface area contributed by atoms with Crippen LogP contribution in [0.3, 0.4) is 0 Å². The van der Waals surface area contributed by atoms with Crippen molar-refractivity contribution in [1.29, 1.82) is 0 Å². The van der Waals surface area contributed by atoms with Crippen LogP contribution in [0.1, 0.15) is 30.6 Å². The molecule has 19 heavy (non-hydrogen) atoms. The number of nitrogens with one attached hydrogen (secondary N) is 2. The Balaban J connectivity index is 2.51. The third kappa shape index (κ3) is 5.70. The zero-order valence-corrected chi connectivity index (χ0v) is 12.3. The lowest BCUT2D eigenvalue weighted by molar-refractivity contribution is 0.0977. The zero-order chi connectivity index (χ0) is 14.3. The molecule has 0 saturated carbocycles. The van der Waals surface area contributed by atoms with Gasteiger partial charge in [0, 0.05) is 12.6 Å². The highest BCUT2D eigenvalue weighted by atomic mass is 32.1. The molecular weight excluding hydrogens is 260 g/mol. The van der Waals surface area contributed by atoms with E-state index in [1.165, 1.54) is 0 Å². The van der Waals surface area contributed by atoms with Crippen molar-refractivity contribution in [3.8, 4) is 5.75 Å². The van der Waals surface area contributed by atoms with Crippen molar-refractivity contribution >= 4 is 23.2 Å². The van der Waals surface area contributed by atoms with Gasteiger partial charge in [0.05, 0.1) is 6.61 Å². The number of carbonyl (C=O) groups excluding carboxylic acids is 1. The molecule has 0 heterocycles. The molecular formula is C14H20N2O2S. The largest absolute Gasteiger partial charge is 0.494 e. The van der Waals surface area contributed by atoms with Gasteiger partial charge in [-0.05, 0) is 48.8 Å². The lowest BCUT2D eigenvalue weighted by Gasteiger charge is -2.09. The van der Waals surface area contributed by atoms with Crippen LogP contribution in [0.25, 0.3) is 0 Å². The molecule has 4 nitrogen and oxygen atoms in total. The Labute approximate surface area is 119 Å². The van der Waals surface area contributed by atoms with Gasteiger partial charge in [0.15, 0.2) is 5.11 Å². The van der Waals surface area contributed by atoms with Crippen molar-refractivity contribution in [2.45, 2.75) is 20.3 Å². The summed E-state index contributed by atoms with van der Waals surface area (Å²) in [4.78, 5) is 11.7. The van der Waals surface area contributed by atoms with Crippen LogP contribution < -0.4 is 15.4 Å². The zero-order valence-electron chi connectivity index (χ0n) is 11.5. The molecule has 5 heteroatoms. The monoisotopic (exact) mass is 280 g/mol. The van der Waals surface area contributed by atoms with Crippen LogP contribution in [0.15, 0.2) is 24.3 Å². The second-order valence-electron chi connectivity index (χ2n) is 4.59. The number of ether oxygens (including phenoxy) is 1. The molecule has 1 rings (SSSR count). The van der Waals surface area contributed by atoms with Gasteiger partial charge in [-0.2, -0.15) is 0 Å². The molecule has 0 fully saturated rings. The molecule has 1 aromatic carbocycles. The number of rotatable bonds is 5. The molecule has 0 unspecified atom stereocenters. The first-order valence-electron chi connectivity index (χ1n) is 6.29. The molecule has 0 spiro atoms. The molecule has 104 valence electrons. The quantitative estimate of drug-likeness (QED) is 0.813. The van der Waals surface area contributed by atoms with Gasteiger partial charge in [-0.1, -0.05) is 13.8 Å². The summed E-state index contributed by atoms with van der Waals surface area (Å²) in [6.45, 7) is 5.00. The fourth-order valence-corrected chi connectivity index (χ4v) is 1.45.